The summed E-state index contributed by atoms with van der Waals surface area (Å²) in [6, 6.07) is 0. The number of rotatable bonds is 2. The first kappa shape index (κ1) is 13.2. The van der Waals surface area contributed by atoms with E-state index < -0.39 is 22.7 Å². The van der Waals surface area contributed by atoms with E-state index in [0.29, 0.717) is 0 Å². The van der Waals surface area contributed by atoms with Gasteiger partial charge in [-0.25, -0.2) is 4.79 Å². The normalized spacial score (nSPS) is 30.3. The minimum Gasteiger partial charge on any atom is -0.467 e. The fourth-order valence-corrected chi connectivity index (χ4v) is 2.16. The zero-order chi connectivity index (χ0) is 12.5. The summed E-state index contributed by atoms with van der Waals surface area (Å²) in [4.78, 5) is 23.0. The molecule has 1 aliphatic rings. The molecule has 1 aliphatic carbocycles. The van der Waals surface area contributed by atoms with E-state index in [0.717, 1.165) is 7.11 Å². The minimum atomic E-state index is -2.21. The Balaban J connectivity index is 3.37. The van der Waals surface area contributed by atoms with E-state index in [1.165, 1.54) is 12.2 Å². The Morgan fingerprint density at radius 2 is 2.19 bits per heavy atom. The number of carbonyl (C=O) groups is 2. The molecule has 88 valence electrons. The molecule has 0 amide bonds. The van der Waals surface area contributed by atoms with Crippen LogP contribution < -0.4 is 0 Å². The topological polar surface area (TPSA) is 63.6 Å². The highest BCUT2D eigenvalue weighted by atomic mass is 35.5. The predicted molar refractivity (Wildman–Crippen MR) is 59.3 cm³/mol. The van der Waals surface area contributed by atoms with Crippen molar-refractivity contribution in [1.82, 2.24) is 0 Å². The summed E-state index contributed by atoms with van der Waals surface area (Å²) in [5.74, 6) is -1.70. The third kappa shape index (κ3) is 1.67. The van der Waals surface area contributed by atoms with Crippen molar-refractivity contribution in [2.75, 3.05) is 7.11 Å². The Kier molecular flexibility index (Phi) is 3.78. The van der Waals surface area contributed by atoms with Crippen molar-refractivity contribution < 1.29 is 19.4 Å². The first-order valence-electron chi connectivity index (χ1n) is 4.43. The lowest BCUT2D eigenvalue weighted by Gasteiger charge is -2.23. The minimum absolute atomic E-state index is 0.0338. The summed E-state index contributed by atoms with van der Waals surface area (Å²) in [7, 11) is 1.09. The van der Waals surface area contributed by atoms with Crippen LogP contribution in [0.3, 0.4) is 0 Å². The molecular formula is C10H10Cl2O4. The van der Waals surface area contributed by atoms with Crippen molar-refractivity contribution in [2.45, 2.75) is 17.9 Å². The summed E-state index contributed by atoms with van der Waals surface area (Å²) < 4.78 is 4.43. The number of esters is 1. The van der Waals surface area contributed by atoms with Crippen molar-refractivity contribution >= 4 is 35.0 Å². The van der Waals surface area contributed by atoms with Gasteiger partial charge >= 0.3 is 5.97 Å². The Hall–Kier alpha value is -0.840. The number of methoxy groups -OCH3 is 1. The van der Waals surface area contributed by atoms with Gasteiger partial charge in [0.15, 0.2) is 5.78 Å². The van der Waals surface area contributed by atoms with Gasteiger partial charge in [0, 0.05) is 5.57 Å². The highest BCUT2D eigenvalue weighted by Crippen LogP contribution is 2.40. The molecule has 2 atom stereocenters. The van der Waals surface area contributed by atoms with Crippen LogP contribution in [0.4, 0.5) is 0 Å². The maximum Gasteiger partial charge on any atom is 0.344 e. The van der Waals surface area contributed by atoms with Gasteiger partial charge in [-0.3, -0.25) is 4.79 Å². The fourth-order valence-electron chi connectivity index (χ4n) is 1.47. The Morgan fingerprint density at radius 3 is 2.62 bits per heavy atom. The first-order chi connectivity index (χ1) is 7.41. The van der Waals surface area contributed by atoms with E-state index >= 15 is 0 Å². The highest BCUT2D eigenvalue weighted by molar-refractivity contribution is 6.52. The van der Waals surface area contributed by atoms with Crippen molar-refractivity contribution in [3.05, 3.63) is 22.8 Å². The largest absolute Gasteiger partial charge is 0.467 e. The van der Waals surface area contributed by atoms with Crippen LogP contribution in [-0.2, 0) is 14.3 Å². The molecule has 0 aromatic rings. The zero-order valence-corrected chi connectivity index (χ0v) is 10.2. The van der Waals surface area contributed by atoms with Gasteiger partial charge in [-0.15, -0.1) is 11.6 Å². The van der Waals surface area contributed by atoms with E-state index in [9.17, 15) is 14.7 Å². The molecule has 0 unspecified atom stereocenters. The molecule has 16 heavy (non-hydrogen) atoms. The number of allylic oxidation sites excluding steroid dienone is 2. The maximum absolute atomic E-state index is 11.5. The van der Waals surface area contributed by atoms with Crippen molar-refractivity contribution in [3.8, 4) is 0 Å². The Morgan fingerprint density at radius 1 is 1.62 bits per heavy atom. The monoisotopic (exact) mass is 264 g/mol. The van der Waals surface area contributed by atoms with E-state index in [4.69, 9.17) is 23.2 Å². The smallest absolute Gasteiger partial charge is 0.344 e. The average molecular weight is 265 g/mol. The molecule has 0 aromatic carbocycles. The van der Waals surface area contributed by atoms with Crippen LogP contribution in [0.5, 0.6) is 0 Å². The van der Waals surface area contributed by atoms with Crippen molar-refractivity contribution in [2.24, 2.45) is 0 Å². The molecule has 4 nitrogen and oxygen atoms in total. The molecule has 0 radical (unpaired) electrons. The SMILES string of the molecule is C/C=C/C1=C(Cl)C(=O)[C@H](Cl)[C@@]1(O)C(=O)OC. The Labute approximate surface area is 102 Å². The third-order valence-electron chi connectivity index (χ3n) is 2.29. The van der Waals surface area contributed by atoms with Crippen molar-refractivity contribution in [3.63, 3.8) is 0 Å². The number of ether oxygens (including phenoxy) is 1. The lowest BCUT2D eigenvalue weighted by molar-refractivity contribution is -0.158. The summed E-state index contributed by atoms with van der Waals surface area (Å²) in [5, 5.41) is 8.44. The molecule has 0 spiro atoms. The number of alkyl halides is 1. The van der Waals surface area contributed by atoms with Crippen LogP contribution in [0.1, 0.15) is 6.92 Å². The summed E-state index contributed by atoms with van der Waals surface area (Å²) >= 11 is 11.4. The number of aliphatic hydroxyl groups is 1. The van der Waals surface area contributed by atoms with Gasteiger partial charge in [-0.05, 0) is 6.92 Å². The molecule has 1 rings (SSSR count). The predicted octanol–water partition coefficient (Wildman–Crippen LogP) is 1.15. The summed E-state index contributed by atoms with van der Waals surface area (Å²) in [6.07, 6.45) is 2.90. The molecule has 0 aromatic heterocycles. The number of hydrogen-bond acceptors (Lipinski definition) is 4. The molecule has 0 heterocycles. The third-order valence-corrected chi connectivity index (χ3v) is 3.19. The van der Waals surface area contributed by atoms with E-state index in [1.54, 1.807) is 6.92 Å². The van der Waals surface area contributed by atoms with Crippen LogP contribution in [-0.4, -0.2) is 34.9 Å². The average Bonchev–Trinajstić information content (AvgIpc) is 2.44. The molecule has 0 aliphatic heterocycles. The molecule has 0 saturated heterocycles. The lowest BCUT2D eigenvalue weighted by Crippen LogP contribution is -2.48. The summed E-state index contributed by atoms with van der Waals surface area (Å²) in [5.41, 5.74) is -2.25. The van der Waals surface area contributed by atoms with Gasteiger partial charge in [-0.2, -0.15) is 0 Å². The number of carbonyl (C=O) groups excluding carboxylic acids is 2. The highest BCUT2D eigenvalue weighted by Gasteiger charge is 2.57. The standard InChI is InChI=1S/C10H10Cl2O4/c1-3-4-5-6(11)7(13)8(12)10(5,15)9(14)16-2/h3-4,8,15H,1-2H3/b4-3+/t8-,10+/m0/s1. The summed E-state index contributed by atoms with van der Waals surface area (Å²) in [6.45, 7) is 1.65. The number of Topliss-reactive ketones (excluding diaryl/α,β-unsaturated/α-hetero) is 1. The van der Waals surface area contributed by atoms with Crippen molar-refractivity contribution in [1.29, 1.82) is 0 Å². The van der Waals surface area contributed by atoms with Gasteiger partial charge in [0.1, 0.15) is 5.38 Å². The fraction of sp³-hybridized carbons (Fsp3) is 0.400. The van der Waals surface area contributed by atoms with E-state index in [2.05, 4.69) is 4.74 Å². The van der Waals surface area contributed by atoms with Gasteiger partial charge in [0.2, 0.25) is 5.60 Å². The second kappa shape index (κ2) is 4.57. The molecule has 0 saturated carbocycles. The maximum atomic E-state index is 11.5. The number of halogens is 2. The van der Waals surface area contributed by atoms with Gasteiger partial charge in [0.05, 0.1) is 12.1 Å². The van der Waals surface area contributed by atoms with Crippen LogP contribution in [0, 0.1) is 0 Å². The molecule has 6 heteroatoms. The molecule has 0 fully saturated rings. The van der Waals surface area contributed by atoms with Crippen LogP contribution in [0.2, 0.25) is 0 Å². The van der Waals surface area contributed by atoms with Crippen LogP contribution >= 0.6 is 23.2 Å². The second-order valence-corrected chi connectivity index (χ2v) is 4.03. The van der Waals surface area contributed by atoms with Gasteiger partial charge in [0.25, 0.3) is 0 Å². The zero-order valence-electron chi connectivity index (χ0n) is 8.66. The van der Waals surface area contributed by atoms with E-state index in [1.807, 2.05) is 0 Å². The molecular weight excluding hydrogens is 255 g/mol. The number of ketones is 1. The van der Waals surface area contributed by atoms with Crippen LogP contribution in [0.25, 0.3) is 0 Å². The lowest BCUT2D eigenvalue weighted by atomic mass is 9.95. The van der Waals surface area contributed by atoms with Gasteiger partial charge in [-0.1, -0.05) is 23.8 Å². The molecule has 0 bridgehead atoms. The molecule has 1 N–H and O–H groups in total. The van der Waals surface area contributed by atoms with Gasteiger partial charge < -0.3 is 9.84 Å². The van der Waals surface area contributed by atoms with E-state index in [-0.39, 0.29) is 10.6 Å². The van der Waals surface area contributed by atoms with Crippen LogP contribution in [0.15, 0.2) is 22.8 Å². The number of hydrogen-bond donors (Lipinski definition) is 1. The second-order valence-electron chi connectivity index (χ2n) is 3.21. The Bertz CT molecular complexity index is 400. The quantitative estimate of drug-likeness (QED) is 0.601. The first-order valence-corrected chi connectivity index (χ1v) is 5.24.